The molecule has 3 heteroatoms. The van der Waals surface area contributed by atoms with E-state index in [0.29, 0.717) is 0 Å². The van der Waals surface area contributed by atoms with Crippen LogP contribution in [-0.2, 0) is 5.41 Å². The zero-order valence-electron chi connectivity index (χ0n) is 8.42. The summed E-state index contributed by atoms with van der Waals surface area (Å²) in [4.78, 5) is 8.51. The SMILES string of the molecule is Cc1ncc(C(C)(C)C#N)nc1C. The maximum absolute atomic E-state index is 8.89. The van der Waals surface area contributed by atoms with Crippen molar-refractivity contribution in [3.63, 3.8) is 0 Å². The summed E-state index contributed by atoms with van der Waals surface area (Å²) in [7, 11) is 0. The van der Waals surface area contributed by atoms with Gasteiger partial charge in [-0.25, -0.2) is 0 Å². The number of nitrogens with zero attached hydrogens (tertiary/aromatic N) is 3. The van der Waals surface area contributed by atoms with Crippen LogP contribution in [0, 0.1) is 25.2 Å². The van der Waals surface area contributed by atoms with Gasteiger partial charge in [-0.2, -0.15) is 5.26 Å². The van der Waals surface area contributed by atoms with Crippen LogP contribution < -0.4 is 0 Å². The van der Waals surface area contributed by atoms with E-state index < -0.39 is 5.41 Å². The Hall–Kier alpha value is -1.43. The molecule has 13 heavy (non-hydrogen) atoms. The first kappa shape index (κ1) is 9.66. The molecule has 0 fully saturated rings. The Bertz CT molecular complexity index is 361. The average molecular weight is 175 g/mol. The third-order valence-electron chi connectivity index (χ3n) is 2.11. The molecule has 0 atom stereocenters. The van der Waals surface area contributed by atoms with Crippen LogP contribution in [0.1, 0.15) is 30.9 Å². The number of rotatable bonds is 1. The van der Waals surface area contributed by atoms with Gasteiger partial charge in [0.25, 0.3) is 0 Å². The number of hydrogen-bond donors (Lipinski definition) is 0. The van der Waals surface area contributed by atoms with Gasteiger partial charge in [-0.3, -0.25) is 9.97 Å². The number of hydrogen-bond acceptors (Lipinski definition) is 3. The van der Waals surface area contributed by atoms with Crippen molar-refractivity contribution in [2.45, 2.75) is 33.1 Å². The molecule has 0 unspecified atom stereocenters. The van der Waals surface area contributed by atoms with Crippen LogP contribution in [0.25, 0.3) is 0 Å². The Labute approximate surface area is 78.5 Å². The van der Waals surface area contributed by atoms with E-state index in [1.807, 2.05) is 27.7 Å². The molecule has 0 saturated carbocycles. The molecule has 3 nitrogen and oxygen atoms in total. The second-order valence-corrected chi connectivity index (χ2v) is 3.66. The zero-order chi connectivity index (χ0) is 10.1. The molecule has 0 spiro atoms. The van der Waals surface area contributed by atoms with E-state index in [9.17, 15) is 0 Å². The fourth-order valence-corrected chi connectivity index (χ4v) is 0.900. The van der Waals surface area contributed by atoms with Crippen LogP contribution in [0.2, 0.25) is 0 Å². The molecule has 1 rings (SSSR count). The van der Waals surface area contributed by atoms with Crippen LogP contribution >= 0.6 is 0 Å². The first-order valence-corrected chi connectivity index (χ1v) is 4.19. The molecule has 0 aliphatic heterocycles. The van der Waals surface area contributed by atoms with Crippen molar-refractivity contribution in [2.24, 2.45) is 0 Å². The Morgan fingerprint density at radius 1 is 1.31 bits per heavy atom. The average Bonchev–Trinajstić information content (AvgIpc) is 2.09. The van der Waals surface area contributed by atoms with E-state index in [1.54, 1.807) is 6.20 Å². The Morgan fingerprint density at radius 2 is 1.92 bits per heavy atom. The van der Waals surface area contributed by atoms with Crippen molar-refractivity contribution in [1.29, 1.82) is 5.26 Å². The molecule has 1 heterocycles. The third kappa shape index (κ3) is 1.83. The van der Waals surface area contributed by atoms with Crippen molar-refractivity contribution in [3.8, 4) is 6.07 Å². The number of aryl methyl sites for hydroxylation is 2. The highest BCUT2D eigenvalue weighted by atomic mass is 14.8. The summed E-state index contributed by atoms with van der Waals surface area (Å²) in [5.74, 6) is 0. The van der Waals surface area contributed by atoms with Crippen molar-refractivity contribution in [2.75, 3.05) is 0 Å². The fraction of sp³-hybridized carbons (Fsp3) is 0.500. The summed E-state index contributed by atoms with van der Waals surface area (Å²) >= 11 is 0. The van der Waals surface area contributed by atoms with Gasteiger partial charge < -0.3 is 0 Å². The van der Waals surface area contributed by atoms with E-state index in [-0.39, 0.29) is 0 Å². The minimum atomic E-state index is -0.550. The molecule has 68 valence electrons. The van der Waals surface area contributed by atoms with Crippen LogP contribution in [-0.4, -0.2) is 9.97 Å². The van der Waals surface area contributed by atoms with Gasteiger partial charge in [0.05, 0.1) is 34.8 Å². The van der Waals surface area contributed by atoms with Gasteiger partial charge in [-0.05, 0) is 27.7 Å². The summed E-state index contributed by atoms with van der Waals surface area (Å²) in [5, 5.41) is 8.89. The predicted molar refractivity (Wildman–Crippen MR) is 50.1 cm³/mol. The number of aromatic nitrogens is 2. The highest BCUT2D eigenvalue weighted by Crippen LogP contribution is 2.19. The molecule has 0 amide bonds. The molecule has 0 aromatic carbocycles. The van der Waals surface area contributed by atoms with E-state index in [2.05, 4.69) is 16.0 Å². The smallest absolute Gasteiger partial charge is 0.0952 e. The highest BCUT2D eigenvalue weighted by molar-refractivity contribution is 5.23. The molecule has 0 radical (unpaired) electrons. The minimum absolute atomic E-state index is 0.550. The molecular formula is C10H13N3. The zero-order valence-corrected chi connectivity index (χ0v) is 8.42. The second kappa shape index (κ2) is 3.14. The quantitative estimate of drug-likeness (QED) is 0.655. The van der Waals surface area contributed by atoms with Gasteiger partial charge >= 0.3 is 0 Å². The van der Waals surface area contributed by atoms with E-state index >= 15 is 0 Å². The monoisotopic (exact) mass is 175 g/mol. The first-order chi connectivity index (χ1) is 5.97. The Kier molecular flexibility index (Phi) is 2.33. The van der Waals surface area contributed by atoms with Gasteiger partial charge in [0, 0.05) is 0 Å². The lowest BCUT2D eigenvalue weighted by molar-refractivity contribution is 0.649. The Morgan fingerprint density at radius 3 is 2.38 bits per heavy atom. The van der Waals surface area contributed by atoms with E-state index in [0.717, 1.165) is 17.1 Å². The second-order valence-electron chi connectivity index (χ2n) is 3.66. The van der Waals surface area contributed by atoms with Gasteiger partial charge in [0.2, 0.25) is 0 Å². The van der Waals surface area contributed by atoms with Crippen LogP contribution in [0.15, 0.2) is 6.20 Å². The minimum Gasteiger partial charge on any atom is -0.258 e. The summed E-state index contributed by atoms with van der Waals surface area (Å²) in [6, 6.07) is 2.20. The van der Waals surface area contributed by atoms with Crippen molar-refractivity contribution in [3.05, 3.63) is 23.3 Å². The standard InChI is InChI=1S/C10H13N3/c1-7-8(2)13-9(5-12-7)10(3,4)6-11/h5H,1-4H3. The largest absolute Gasteiger partial charge is 0.258 e. The van der Waals surface area contributed by atoms with E-state index in [4.69, 9.17) is 5.26 Å². The van der Waals surface area contributed by atoms with E-state index in [1.165, 1.54) is 0 Å². The van der Waals surface area contributed by atoms with Gasteiger partial charge in [0.1, 0.15) is 0 Å². The number of nitriles is 1. The third-order valence-corrected chi connectivity index (χ3v) is 2.11. The van der Waals surface area contributed by atoms with Crippen LogP contribution in [0.5, 0.6) is 0 Å². The van der Waals surface area contributed by atoms with Crippen molar-refractivity contribution >= 4 is 0 Å². The molecule has 0 aliphatic carbocycles. The van der Waals surface area contributed by atoms with Crippen molar-refractivity contribution < 1.29 is 0 Å². The van der Waals surface area contributed by atoms with Gasteiger partial charge in [0.15, 0.2) is 0 Å². The maximum Gasteiger partial charge on any atom is 0.0952 e. The topological polar surface area (TPSA) is 49.6 Å². The van der Waals surface area contributed by atoms with Crippen LogP contribution in [0.3, 0.4) is 0 Å². The lowest BCUT2D eigenvalue weighted by atomic mass is 9.92. The van der Waals surface area contributed by atoms with Gasteiger partial charge in [-0.15, -0.1) is 0 Å². The lowest BCUT2D eigenvalue weighted by Gasteiger charge is -2.14. The fourth-order valence-electron chi connectivity index (χ4n) is 0.900. The summed E-state index contributed by atoms with van der Waals surface area (Å²) in [5.41, 5.74) is 1.99. The molecule has 1 aromatic rings. The molecule has 0 aliphatic rings. The maximum atomic E-state index is 8.89. The summed E-state index contributed by atoms with van der Waals surface area (Å²) < 4.78 is 0. The van der Waals surface area contributed by atoms with Crippen LogP contribution in [0.4, 0.5) is 0 Å². The summed E-state index contributed by atoms with van der Waals surface area (Å²) in [6.07, 6.45) is 1.67. The molecule has 0 N–H and O–H groups in total. The molecule has 0 bridgehead atoms. The van der Waals surface area contributed by atoms with Gasteiger partial charge in [-0.1, -0.05) is 0 Å². The summed E-state index contributed by atoms with van der Waals surface area (Å²) in [6.45, 7) is 7.49. The first-order valence-electron chi connectivity index (χ1n) is 4.19. The van der Waals surface area contributed by atoms with Crippen molar-refractivity contribution in [1.82, 2.24) is 9.97 Å². The normalized spacial score (nSPS) is 11.0. The highest BCUT2D eigenvalue weighted by Gasteiger charge is 2.22. The molecular weight excluding hydrogens is 162 g/mol. The predicted octanol–water partition coefficient (Wildman–Crippen LogP) is 1.89. The lowest BCUT2D eigenvalue weighted by Crippen LogP contribution is -2.17. The molecule has 1 aromatic heterocycles. The molecule has 0 saturated heterocycles. The Balaban J connectivity index is 3.20.